The van der Waals surface area contributed by atoms with Crippen LogP contribution in [0.2, 0.25) is 0 Å². The summed E-state index contributed by atoms with van der Waals surface area (Å²) in [6.07, 6.45) is 7.12. The van der Waals surface area contributed by atoms with Gasteiger partial charge in [0, 0.05) is 18.8 Å². The second-order valence-corrected chi connectivity index (χ2v) is 8.72. The maximum absolute atomic E-state index is 13.0. The number of aryl methyl sites for hydroxylation is 3. The predicted octanol–water partition coefficient (Wildman–Crippen LogP) is 6.02. The highest BCUT2D eigenvalue weighted by molar-refractivity contribution is 5.89. The fourth-order valence-electron chi connectivity index (χ4n) is 4.65. The Morgan fingerprint density at radius 3 is 2.79 bits per heavy atom. The Hall–Kier alpha value is -3.28. The van der Waals surface area contributed by atoms with Gasteiger partial charge in [-0.25, -0.2) is 9.48 Å². The number of aromatic nitrogens is 2. The average molecular weight is 446 g/mol. The van der Waals surface area contributed by atoms with Crippen LogP contribution in [0.25, 0.3) is 5.69 Å². The number of nitrogens with one attached hydrogen (secondary N) is 3. The van der Waals surface area contributed by atoms with Crippen LogP contribution in [0, 0.1) is 0 Å². The van der Waals surface area contributed by atoms with Crippen LogP contribution in [0.3, 0.4) is 0 Å². The highest BCUT2D eigenvalue weighted by Gasteiger charge is 2.22. The van der Waals surface area contributed by atoms with Crippen LogP contribution in [0.4, 0.5) is 16.3 Å². The number of nitrogens with zero attached hydrogens (tertiary/aromatic N) is 2. The van der Waals surface area contributed by atoms with E-state index in [2.05, 4.69) is 66.2 Å². The Bertz CT molecular complexity index is 1100. The second-order valence-electron chi connectivity index (χ2n) is 8.72. The van der Waals surface area contributed by atoms with Crippen LogP contribution in [-0.2, 0) is 19.3 Å². The van der Waals surface area contributed by atoms with Crippen molar-refractivity contribution in [1.29, 1.82) is 0 Å². The highest BCUT2D eigenvalue weighted by atomic mass is 16.2. The molecule has 0 spiro atoms. The SMILES string of the molecule is CCCCc1cc(NC(=O)NC2CCCc3ccccc32)n(-c2ccc(CC)c(NC)c2)n1. The topological polar surface area (TPSA) is 71.0 Å². The number of amides is 2. The van der Waals surface area contributed by atoms with Gasteiger partial charge in [-0.15, -0.1) is 0 Å². The van der Waals surface area contributed by atoms with Gasteiger partial charge in [-0.3, -0.25) is 5.32 Å². The Morgan fingerprint density at radius 2 is 2.00 bits per heavy atom. The normalized spacial score (nSPS) is 15.1. The lowest BCUT2D eigenvalue weighted by Crippen LogP contribution is -2.34. The first-order valence-corrected chi connectivity index (χ1v) is 12.2. The summed E-state index contributed by atoms with van der Waals surface area (Å²) in [6, 6.07) is 16.5. The summed E-state index contributed by atoms with van der Waals surface area (Å²) in [5.41, 5.74) is 6.80. The van der Waals surface area contributed by atoms with Gasteiger partial charge in [-0.2, -0.15) is 5.10 Å². The molecule has 1 aliphatic carbocycles. The van der Waals surface area contributed by atoms with Crippen LogP contribution in [0.15, 0.2) is 48.5 Å². The molecule has 0 radical (unpaired) electrons. The van der Waals surface area contributed by atoms with Crippen LogP contribution in [-0.4, -0.2) is 22.9 Å². The molecule has 0 saturated heterocycles. The van der Waals surface area contributed by atoms with E-state index in [1.54, 1.807) is 0 Å². The van der Waals surface area contributed by atoms with Gasteiger partial charge in [-0.05, 0) is 67.3 Å². The van der Waals surface area contributed by atoms with Crippen LogP contribution < -0.4 is 16.0 Å². The smallest absolute Gasteiger partial charge is 0.320 e. The molecule has 6 heteroatoms. The van der Waals surface area contributed by atoms with E-state index in [1.807, 2.05) is 23.9 Å². The number of rotatable bonds is 8. The molecule has 0 fully saturated rings. The van der Waals surface area contributed by atoms with Crippen molar-refractivity contribution in [3.05, 3.63) is 70.9 Å². The second kappa shape index (κ2) is 10.6. The van der Waals surface area contributed by atoms with E-state index in [9.17, 15) is 4.79 Å². The molecule has 3 N–H and O–H groups in total. The first-order valence-electron chi connectivity index (χ1n) is 12.2. The zero-order valence-electron chi connectivity index (χ0n) is 19.9. The summed E-state index contributed by atoms with van der Waals surface area (Å²) >= 11 is 0. The lowest BCUT2D eigenvalue weighted by atomic mass is 9.88. The van der Waals surface area contributed by atoms with Gasteiger partial charge in [0.05, 0.1) is 17.4 Å². The third-order valence-electron chi connectivity index (χ3n) is 6.45. The fourth-order valence-corrected chi connectivity index (χ4v) is 4.65. The molecule has 6 nitrogen and oxygen atoms in total. The largest absolute Gasteiger partial charge is 0.388 e. The van der Waals surface area contributed by atoms with E-state index >= 15 is 0 Å². The number of anilines is 2. The maximum Gasteiger partial charge on any atom is 0.320 e. The summed E-state index contributed by atoms with van der Waals surface area (Å²) in [4.78, 5) is 13.0. The molecule has 174 valence electrons. The van der Waals surface area contributed by atoms with Gasteiger partial charge in [0.15, 0.2) is 0 Å². The fraction of sp³-hybridized carbons (Fsp3) is 0.407. The van der Waals surface area contributed by atoms with Crippen molar-refractivity contribution in [2.24, 2.45) is 0 Å². The summed E-state index contributed by atoms with van der Waals surface area (Å²) in [5.74, 6) is 0.689. The first kappa shape index (κ1) is 22.9. The van der Waals surface area contributed by atoms with Crippen LogP contribution in [0.1, 0.15) is 68.0 Å². The molecule has 2 aromatic carbocycles. The van der Waals surface area contributed by atoms with Crippen molar-refractivity contribution in [2.75, 3.05) is 17.7 Å². The molecule has 1 atom stereocenters. The van der Waals surface area contributed by atoms with Crippen LogP contribution in [0.5, 0.6) is 0 Å². The van der Waals surface area contributed by atoms with Crippen molar-refractivity contribution in [1.82, 2.24) is 15.1 Å². The molecule has 1 aromatic heterocycles. The Labute approximate surface area is 196 Å². The van der Waals surface area contributed by atoms with Crippen molar-refractivity contribution < 1.29 is 4.79 Å². The molecule has 1 heterocycles. The third kappa shape index (κ3) is 5.21. The number of carbonyl (C=O) groups excluding carboxylic acids is 1. The number of fused-ring (bicyclic) bond motifs is 1. The summed E-state index contributed by atoms with van der Waals surface area (Å²) < 4.78 is 1.85. The van der Waals surface area contributed by atoms with E-state index < -0.39 is 0 Å². The van der Waals surface area contributed by atoms with Gasteiger partial charge in [0.2, 0.25) is 0 Å². The van der Waals surface area contributed by atoms with Gasteiger partial charge in [0.1, 0.15) is 5.82 Å². The Balaban J connectivity index is 1.58. The zero-order valence-corrected chi connectivity index (χ0v) is 19.9. The molecule has 0 bridgehead atoms. The summed E-state index contributed by atoms with van der Waals surface area (Å²) in [7, 11) is 1.93. The van der Waals surface area contributed by atoms with E-state index in [0.29, 0.717) is 5.82 Å². The van der Waals surface area contributed by atoms with Crippen molar-refractivity contribution in [2.45, 2.75) is 64.8 Å². The zero-order chi connectivity index (χ0) is 23.2. The third-order valence-corrected chi connectivity index (χ3v) is 6.45. The molecule has 1 unspecified atom stereocenters. The lowest BCUT2D eigenvalue weighted by Gasteiger charge is -2.26. The predicted molar refractivity (Wildman–Crippen MR) is 135 cm³/mol. The lowest BCUT2D eigenvalue weighted by molar-refractivity contribution is 0.247. The first-order chi connectivity index (χ1) is 16.1. The molecule has 4 rings (SSSR count). The summed E-state index contributed by atoms with van der Waals surface area (Å²) in [5, 5.41) is 14.4. The molecular weight excluding hydrogens is 410 g/mol. The van der Waals surface area contributed by atoms with Gasteiger partial charge in [-0.1, -0.05) is 50.6 Å². The molecule has 33 heavy (non-hydrogen) atoms. The molecule has 0 saturated carbocycles. The molecule has 1 aliphatic rings. The molecule has 0 aliphatic heterocycles. The molecular formula is C27H35N5O. The van der Waals surface area contributed by atoms with E-state index in [0.717, 1.165) is 62.0 Å². The van der Waals surface area contributed by atoms with Crippen molar-refractivity contribution in [3.8, 4) is 5.69 Å². The van der Waals surface area contributed by atoms with Gasteiger partial charge < -0.3 is 10.6 Å². The maximum atomic E-state index is 13.0. The number of benzene rings is 2. The summed E-state index contributed by atoms with van der Waals surface area (Å²) in [6.45, 7) is 4.32. The number of unbranched alkanes of at least 4 members (excludes halogenated alkanes) is 1. The quantitative estimate of drug-likeness (QED) is 0.397. The van der Waals surface area contributed by atoms with Gasteiger partial charge >= 0.3 is 6.03 Å². The van der Waals surface area contributed by atoms with E-state index in [1.165, 1.54) is 16.7 Å². The average Bonchev–Trinajstić information content (AvgIpc) is 3.24. The molecule has 2 amide bonds. The number of hydrogen-bond acceptors (Lipinski definition) is 3. The standard InChI is InChI=1S/C27H35N5O/c1-4-6-12-21-17-26(32(31-21)22-16-15-19(5-2)25(18-22)28-3)30-27(33)29-24-14-9-11-20-10-7-8-13-23(20)24/h7-8,10,13,15-18,24,28H,4-6,9,11-12,14H2,1-3H3,(H2,29,30,33). The van der Waals surface area contributed by atoms with Crippen molar-refractivity contribution in [3.63, 3.8) is 0 Å². The number of carbonyl (C=O) groups is 1. The highest BCUT2D eigenvalue weighted by Crippen LogP contribution is 2.30. The van der Waals surface area contributed by atoms with Gasteiger partial charge in [0.25, 0.3) is 0 Å². The minimum Gasteiger partial charge on any atom is -0.388 e. The minimum absolute atomic E-state index is 0.0330. The number of hydrogen-bond donors (Lipinski definition) is 3. The molecule has 3 aromatic rings. The van der Waals surface area contributed by atoms with E-state index in [-0.39, 0.29) is 12.1 Å². The Morgan fingerprint density at radius 1 is 1.15 bits per heavy atom. The minimum atomic E-state index is -0.195. The number of urea groups is 1. The Kier molecular flexibility index (Phi) is 7.33. The van der Waals surface area contributed by atoms with Crippen LogP contribution >= 0.6 is 0 Å². The monoisotopic (exact) mass is 445 g/mol. The van der Waals surface area contributed by atoms with E-state index in [4.69, 9.17) is 5.10 Å². The van der Waals surface area contributed by atoms with Crippen molar-refractivity contribution >= 4 is 17.5 Å².